The van der Waals surface area contributed by atoms with E-state index >= 15 is 0 Å². The zero-order chi connectivity index (χ0) is 10.6. The molecule has 1 aromatic carbocycles. The summed E-state index contributed by atoms with van der Waals surface area (Å²) < 4.78 is 13.0. The van der Waals surface area contributed by atoms with E-state index in [1.165, 1.54) is 12.1 Å². The van der Waals surface area contributed by atoms with Crippen LogP contribution in [0.3, 0.4) is 0 Å². The van der Waals surface area contributed by atoms with Crippen molar-refractivity contribution in [3.8, 4) is 0 Å². The molecule has 1 aromatic rings. The van der Waals surface area contributed by atoms with Gasteiger partial charge in [0.25, 0.3) is 0 Å². The van der Waals surface area contributed by atoms with E-state index in [-0.39, 0.29) is 11.7 Å². The van der Waals surface area contributed by atoms with Crippen molar-refractivity contribution in [2.24, 2.45) is 0 Å². The molecule has 0 aromatic heterocycles. The number of hydrogen-bond acceptors (Lipinski definition) is 2. The Morgan fingerprint density at radius 1 is 1.57 bits per heavy atom. The molecule has 1 nitrogen and oxygen atoms in total. The minimum absolute atomic E-state index is 0.0886. The first kappa shape index (κ1) is 11.2. The third kappa shape index (κ3) is 2.58. The molecule has 0 spiro atoms. The first-order valence-electron chi connectivity index (χ1n) is 4.46. The highest BCUT2D eigenvalue weighted by Crippen LogP contribution is 2.29. The average molecular weight is 212 g/mol. The molecule has 0 aliphatic rings. The lowest BCUT2D eigenvalue weighted by molar-refractivity contribution is -0.108. The molecule has 3 heteroatoms. The quantitative estimate of drug-likeness (QED) is 0.563. The van der Waals surface area contributed by atoms with Crippen LogP contribution in [0.2, 0.25) is 0 Å². The summed E-state index contributed by atoms with van der Waals surface area (Å²) in [5.41, 5.74) is 0.921. The van der Waals surface area contributed by atoms with Gasteiger partial charge in [0.15, 0.2) is 0 Å². The van der Waals surface area contributed by atoms with E-state index in [1.807, 2.05) is 13.2 Å². The molecule has 0 heterocycles. The van der Waals surface area contributed by atoms with Crippen molar-refractivity contribution in [2.45, 2.75) is 24.2 Å². The molecule has 0 fully saturated rings. The van der Waals surface area contributed by atoms with Gasteiger partial charge in [0.05, 0.1) is 0 Å². The van der Waals surface area contributed by atoms with E-state index in [1.54, 1.807) is 17.8 Å². The van der Waals surface area contributed by atoms with Gasteiger partial charge in [0.2, 0.25) is 0 Å². The van der Waals surface area contributed by atoms with Crippen molar-refractivity contribution in [3.63, 3.8) is 0 Å². The normalized spacial score (nSPS) is 12.5. The van der Waals surface area contributed by atoms with Crippen LogP contribution < -0.4 is 0 Å². The van der Waals surface area contributed by atoms with Crippen molar-refractivity contribution < 1.29 is 9.18 Å². The smallest absolute Gasteiger partial charge is 0.123 e. The van der Waals surface area contributed by atoms with Crippen molar-refractivity contribution in [1.82, 2.24) is 0 Å². The number of benzene rings is 1. The highest BCUT2D eigenvalue weighted by atomic mass is 32.2. The zero-order valence-electron chi connectivity index (χ0n) is 8.29. The zero-order valence-corrected chi connectivity index (χ0v) is 9.10. The van der Waals surface area contributed by atoms with Crippen molar-refractivity contribution in [3.05, 3.63) is 29.6 Å². The second-order valence-electron chi connectivity index (χ2n) is 3.19. The van der Waals surface area contributed by atoms with Gasteiger partial charge in [-0.05, 0) is 35.9 Å². The third-order valence-electron chi connectivity index (χ3n) is 2.17. The molecule has 0 N–H and O–H groups in total. The molecule has 0 aliphatic heterocycles. The SMILES string of the molecule is CSc1ccc(F)cc1C(C)CC=O. The van der Waals surface area contributed by atoms with Gasteiger partial charge < -0.3 is 4.79 Å². The van der Waals surface area contributed by atoms with E-state index in [0.29, 0.717) is 6.42 Å². The van der Waals surface area contributed by atoms with Crippen molar-refractivity contribution in [2.75, 3.05) is 6.26 Å². The highest BCUT2D eigenvalue weighted by Gasteiger charge is 2.10. The van der Waals surface area contributed by atoms with Gasteiger partial charge in [-0.15, -0.1) is 11.8 Å². The Labute approximate surface area is 87.7 Å². The summed E-state index contributed by atoms with van der Waals surface area (Å²) in [6.45, 7) is 1.93. The maximum atomic E-state index is 13.0. The largest absolute Gasteiger partial charge is 0.303 e. The lowest BCUT2D eigenvalue weighted by atomic mass is 9.98. The van der Waals surface area contributed by atoms with Gasteiger partial charge >= 0.3 is 0 Å². The first-order chi connectivity index (χ1) is 6.69. The fourth-order valence-electron chi connectivity index (χ4n) is 1.36. The van der Waals surface area contributed by atoms with Gasteiger partial charge in [0.1, 0.15) is 12.1 Å². The van der Waals surface area contributed by atoms with E-state index in [0.717, 1.165) is 16.7 Å². The van der Waals surface area contributed by atoms with E-state index in [2.05, 4.69) is 0 Å². The van der Waals surface area contributed by atoms with Gasteiger partial charge in [-0.2, -0.15) is 0 Å². The Hall–Kier alpha value is -0.830. The second-order valence-corrected chi connectivity index (χ2v) is 4.04. The van der Waals surface area contributed by atoms with Gasteiger partial charge in [-0.1, -0.05) is 6.92 Å². The molecule has 0 radical (unpaired) electrons. The summed E-state index contributed by atoms with van der Waals surface area (Å²) in [5, 5.41) is 0. The maximum absolute atomic E-state index is 13.0. The Morgan fingerprint density at radius 3 is 2.86 bits per heavy atom. The topological polar surface area (TPSA) is 17.1 Å². The summed E-state index contributed by atoms with van der Waals surface area (Å²) in [6, 6.07) is 4.72. The van der Waals surface area contributed by atoms with Crippen LogP contribution in [0.25, 0.3) is 0 Å². The number of halogens is 1. The summed E-state index contributed by atoms with van der Waals surface area (Å²) in [7, 11) is 0. The van der Waals surface area contributed by atoms with Crippen LogP contribution in [0.15, 0.2) is 23.1 Å². The standard InChI is InChI=1S/C11H13FOS/c1-8(5-6-13)10-7-9(12)3-4-11(10)14-2/h3-4,6-8H,5H2,1-2H3. The van der Waals surface area contributed by atoms with Crippen LogP contribution in [0.1, 0.15) is 24.8 Å². The molecule has 0 saturated heterocycles. The van der Waals surface area contributed by atoms with E-state index < -0.39 is 0 Å². The number of aldehydes is 1. The Bertz CT molecular complexity index is 325. The lowest BCUT2D eigenvalue weighted by Crippen LogP contribution is -1.97. The molecule has 1 atom stereocenters. The van der Waals surface area contributed by atoms with Crippen LogP contribution in [0, 0.1) is 5.82 Å². The van der Waals surface area contributed by atoms with Gasteiger partial charge in [0, 0.05) is 11.3 Å². The minimum Gasteiger partial charge on any atom is -0.303 e. The predicted molar refractivity (Wildman–Crippen MR) is 57.3 cm³/mol. The fraction of sp³-hybridized carbons (Fsp3) is 0.364. The molecule has 76 valence electrons. The minimum atomic E-state index is -0.240. The van der Waals surface area contributed by atoms with Crippen LogP contribution in [-0.2, 0) is 4.79 Å². The average Bonchev–Trinajstić information content (AvgIpc) is 2.18. The van der Waals surface area contributed by atoms with Crippen LogP contribution in [0.4, 0.5) is 4.39 Å². The van der Waals surface area contributed by atoms with Gasteiger partial charge in [-0.3, -0.25) is 0 Å². The monoisotopic (exact) mass is 212 g/mol. The molecule has 0 saturated carbocycles. The molecule has 0 amide bonds. The number of carbonyl (C=O) groups is 1. The van der Waals surface area contributed by atoms with Crippen LogP contribution in [-0.4, -0.2) is 12.5 Å². The molecule has 14 heavy (non-hydrogen) atoms. The lowest BCUT2D eigenvalue weighted by Gasteiger charge is -2.12. The molecule has 1 rings (SSSR count). The van der Waals surface area contributed by atoms with Crippen LogP contribution >= 0.6 is 11.8 Å². The third-order valence-corrected chi connectivity index (χ3v) is 2.98. The molecular weight excluding hydrogens is 199 g/mol. The van der Waals surface area contributed by atoms with Crippen molar-refractivity contribution >= 4 is 18.0 Å². The predicted octanol–water partition coefficient (Wildman–Crippen LogP) is 3.24. The first-order valence-corrected chi connectivity index (χ1v) is 5.68. The number of thioether (sulfide) groups is 1. The Balaban J connectivity index is 3.02. The molecular formula is C11H13FOS. The molecule has 0 aliphatic carbocycles. The highest BCUT2D eigenvalue weighted by molar-refractivity contribution is 7.98. The summed E-state index contributed by atoms with van der Waals surface area (Å²) in [4.78, 5) is 11.4. The number of hydrogen-bond donors (Lipinski definition) is 0. The Kier molecular flexibility index (Phi) is 4.14. The fourth-order valence-corrected chi connectivity index (χ4v) is 2.06. The van der Waals surface area contributed by atoms with E-state index in [9.17, 15) is 9.18 Å². The van der Waals surface area contributed by atoms with E-state index in [4.69, 9.17) is 0 Å². The van der Waals surface area contributed by atoms with Crippen LogP contribution in [0.5, 0.6) is 0 Å². The van der Waals surface area contributed by atoms with Gasteiger partial charge in [-0.25, -0.2) is 4.39 Å². The molecule has 0 bridgehead atoms. The second kappa shape index (κ2) is 5.15. The summed E-state index contributed by atoms with van der Waals surface area (Å²) >= 11 is 1.58. The van der Waals surface area contributed by atoms with Crippen molar-refractivity contribution in [1.29, 1.82) is 0 Å². The number of carbonyl (C=O) groups excluding carboxylic acids is 1. The number of rotatable bonds is 4. The maximum Gasteiger partial charge on any atom is 0.123 e. The summed E-state index contributed by atoms with van der Waals surface area (Å²) in [6.07, 6.45) is 3.26. The molecule has 1 unspecified atom stereocenters. The summed E-state index contributed by atoms with van der Waals surface area (Å²) in [5.74, 6) is -0.152. The Morgan fingerprint density at radius 2 is 2.29 bits per heavy atom.